The molecule has 0 unspecified atom stereocenters. The van der Waals surface area contributed by atoms with E-state index < -0.39 is 0 Å². The van der Waals surface area contributed by atoms with Gasteiger partial charge in [0.1, 0.15) is 17.3 Å². The molecule has 2 N–H and O–H groups in total. The minimum atomic E-state index is -0.388. The lowest BCUT2D eigenvalue weighted by atomic mass is 10.1. The summed E-state index contributed by atoms with van der Waals surface area (Å²) in [6.07, 6.45) is 3.12. The van der Waals surface area contributed by atoms with Crippen molar-refractivity contribution in [1.82, 2.24) is 9.97 Å². The molecule has 1 heterocycles. The summed E-state index contributed by atoms with van der Waals surface area (Å²) in [6, 6.07) is 0.110. The molecule has 0 bridgehead atoms. The van der Waals surface area contributed by atoms with Crippen LogP contribution in [0.2, 0.25) is 5.15 Å². The van der Waals surface area contributed by atoms with Gasteiger partial charge in [-0.3, -0.25) is 4.79 Å². The van der Waals surface area contributed by atoms with E-state index in [1.165, 1.54) is 6.33 Å². The third kappa shape index (κ3) is 3.57. The first kappa shape index (κ1) is 14.7. The van der Waals surface area contributed by atoms with Gasteiger partial charge in [-0.1, -0.05) is 24.9 Å². The molecule has 0 aromatic carbocycles. The fraction of sp³-hybridized carbons (Fsp3) is 0.583. The van der Waals surface area contributed by atoms with Gasteiger partial charge in [0, 0.05) is 11.6 Å². The molecule has 0 saturated carbocycles. The number of primary amides is 1. The van der Waals surface area contributed by atoms with Gasteiger partial charge >= 0.3 is 0 Å². The summed E-state index contributed by atoms with van der Waals surface area (Å²) in [5.74, 6) is 0.312. The van der Waals surface area contributed by atoms with Crippen molar-refractivity contribution in [2.24, 2.45) is 5.73 Å². The Morgan fingerprint density at radius 3 is 2.67 bits per heavy atom. The third-order valence-electron chi connectivity index (χ3n) is 2.59. The highest BCUT2D eigenvalue weighted by Crippen LogP contribution is 2.25. The maximum Gasteiger partial charge on any atom is 0.237 e. The second-order valence-corrected chi connectivity index (χ2v) is 4.76. The monoisotopic (exact) mass is 270 g/mol. The number of aromatic nitrogens is 2. The van der Waals surface area contributed by atoms with Gasteiger partial charge in [0.15, 0.2) is 0 Å². The molecule has 0 radical (unpaired) electrons. The lowest BCUT2D eigenvalue weighted by Crippen LogP contribution is -2.39. The van der Waals surface area contributed by atoms with E-state index in [9.17, 15) is 4.79 Å². The van der Waals surface area contributed by atoms with E-state index >= 15 is 0 Å². The normalized spacial score (nSPS) is 10.7. The number of anilines is 1. The predicted molar refractivity (Wildman–Crippen MR) is 72.7 cm³/mol. The summed E-state index contributed by atoms with van der Waals surface area (Å²) in [6.45, 7) is 6.14. The maximum absolute atomic E-state index is 11.1. The van der Waals surface area contributed by atoms with E-state index in [1.54, 1.807) is 0 Å². The highest BCUT2D eigenvalue weighted by atomic mass is 35.5. The number of rotatable bonds is 6. The van der Waals surface area contributed by atoms with Crippen LogP contribution in [0, 0.1) is 0 Å². The van der Waals surface area contributed by atoms with Gasteiger partial charge in [-0.15, -0.1) is 0 Å². The molecule has 0 aliphatic heterocycles. The maximum atomic E-state index is 11.1. The van der Waals surface area contributed by atoms with E-state index in [-0.39, 0.29) is 18.5 Å². The zero-order chi connectivity index (χ0) is 13.7. The van der Waals surface area contributed by atoms with E-state index in [2.05, 4.69) is 16.9 Å². The second kappa shape index (κ2) is 6.54. The van der Waals surface area contributed by atoms with Crippen molar-refractivity contribution in [1.29, 1.82) is 0 Å². The van der Waals surface area contributed by atoms with Crippen molar-refractivity contribution in [3.8, 4) is 0 Å². The van der Waals surface area contributed by atoms with Crippen LogP contribution in [-0.4, -0.2) is 28.5 Å². The Hall–Kier alpha value is -1.36. The van der Waals surface area contributed by atoms with E-state index in [4.69, 9.17) is 17.3 Å². The zero-order valence-corrected chi connectivity index (χ0v) is 11.7. The van der Waals surface area contributed by atoms with E-state index in [0.717, 1.165) is 18.4 Å². The third-order valence-corrected chi connectivity index (χ3v) is 2.92. The van der Waals surface area contributed by atoms with Crippen molar-refractivity contribution in [3.63, 3.8) is 0 Å². The molecule has 0 aliphatic rings. The molecule has 1 aromatic rings. The van der Waals surface area contributed by atoms with Crippen molar-refractivity contribution in [2.75, 3.05) is 11.4 Å². The quantitative estimate of drug-likeness (QED) is 0.800. The van der Waals surface area contributed by atoms with Gasteiger partial charge in [0.2, 0.25) is 5.91 Å². The number of hydrogen-bond donors (Lipinski definition) is 1. The van der Waals surface area contributed by atoms with Crippen molar-refractivity contribution < 1.29 is 4.79 Å². The molecule has 18 heavy (non-hydrogen) atoms. The molecule has 1 aromatic heterocycles. The fourth-order valence-electron chi connectivity index (χ4n) is 1.76. The average Bonchev–Trinajstić information content (AvgIpc) is 2.28. The Balaban J connectivity index is 3.18. The van der Waals surface area contributed by atoms with Crippen LogP contribution in [0.15, 0.2) is 6.33 Å². The summed E-state index contributed by atoms with van der Waals surface area (Å²) in [7, 11) is 0. The number of nitrogens with two attached hydrogens (primary N) is 1. The van der Waals surface area contributed by atoms with E-state index in [0.29, 0.717) is 11.0 Å². The first-order valence-corrected chi connectivity index (χ1v) is 6.39. The molecule has 5 nitrogen and oxygen atoms in total. The highest BCUT2D eigenvalue weighted by molar-refractivity contribution is 6.30. The number of halogens is 1. The van der Waals surface area contributed by atoms with Crippen molar-refractivity contribution in [3.05, 3.63) is 17.0 Å². The van der Waals surface area contributed by atoms with Gasteiger partial charge in [0.05, 0.1) is 6.54 Å². The van der Waals surface area contributed by atoms with Crippen LogP contribution in [0.5, 0.6) is 0 Å². The van der Waals surface area contributed by atoms with Crippen LogP contribution in [0.4, 0.5) is 5.82 Å². The molecular formula is C12H19ClN4O. The smallest absolute Gasteiger partial charge is 0.237 e. The van der Waals surface area contributed by atoms with Gasteiger partial charge in [-0.05, 0) is 20.3 Å². The molecule has 1 amide bonds. The average molecular weight is 271 g/mol. The molecule has 100 valence electrons. The summed E-state index contributed by atoms with van der Waals surface area (Å²) in [5.41, 5.74) is 6.15. The minimum absolute atomic E-state index is 0.110. The molecule has 6 heteroatoms. The predicted octanol–water partition coefficient (Wildman–Crippen LogP) is 1.78. The Morgan fingerprint density at radius 2 is 2.17 bits per heavy atom. The number of carbonyl (C=O) groups is 1. The first-order valence-electron chi connectivity index (χ1n) is 6.01. The molecule has 0 atom stereocenters. The number of hydrogen-bond acceptors (Lipinski definition) is 4. The van der Waals surface area contributed by atoms with Crippen LogP contribution in [0.1, 0.15) is 32.8 Å². The summed E-state index contributed by atoms with van der Waals surface area (Å²) in [5, 5.41) is 0.442. The van der Waals surface area contributed by atoms with Gasteiger partial charge in [-0.2, -0.15) is 0 Å². The Bertz CT molecular complexity index is 423. The lowest BCUT2D eigenvalue weighted by molar-refractivity contribution is -0.116. The Morgan fingerprint density at radius 1 is 1.50 bits per heavy atom. The molecular weight excluding hydrogens is 252 g/mol. The molecule has 0 fully saturated rings. The number of nitrogens with zero attached hydrogens (tertiary/aromatic N) is 3. The highest BCUT2D eigenvalue weighted by Gasteiger charge is 2.19. The molecule has 0 saturated heterocycles. The summed E-state index contributed by atoms with van der Waals surface area (Å²) < 4.78 is 0. The second-order valence-electron chi connectivity index (χ2n) is 4.40. The zero-order valence-electron chi connectivity index (χ0n) is 11.0. The van der Waals surface area contributed by atoms with Crippen LogP contribution in [0.25, 0.3) is 0 Å². The van der Waals surface area contributed by atoms with E-state index in [1.807, 2.05) is 18.7 Å². The van der Waals surface area contributed by atoms with Crippen LogP contribution < -0.4 is 10.6 Å². The Kier molecular flexibility index (Phi) is 5.34. The van der Waals surface area contributed by atoms with Gasteiger partial charge in [-0.25, -0.2) is 9.97 Å². The minimum Gasteiger partial charge on any atom is -0.368 e. The number of carbonyl (C=O) groups excluding carboxylic acids is 1. The lowest BCUT2D eigenvalue weighted by Gasteiger charge is -2.28. The van der Waals surface area contributed by atoms with Crippen molar-refractivity contribution in [2.45, 2.75) is 39.7 Å². The van der Waals surface area contributed by atoms with Crippen LogP contribution in [-0.2, 0) is 11.2 Å². The van der Waals surface area contributed by atoms with Gasteiger partial charge < -0.3 is 10.6 Å². The van der Waals surface area contributed by atoms with Crippen LogP contribution in [0.3, 0.4) is 0 Å². The summed E-state index contributed by atoms with van der Waals surface area (Å²) in [4.78, 5) is 21.2. The molecule has 1 rings (SSSR count). The standard InChI is InChI=1S/C12H19ClN4O/c1-4-5-9-11(13)15-7-16-12(9)17(8(2)3)6-10(14)18/h7-8H,4-6H2,1-3H3,(H2,14,18). The number of amides is 1. The summed E-state index contributed by atoms with van der Waals surface area (Å²) >= 11 is 6.10. The molecule has 0 aliphatic carbocycles. The largest absolute Gasteiger partial charge is 0.368 e. The first-order chi connectivity index (χ1) is 8.47. The van der Waals surface area contributed by atoms with Crippen LogP contribution >= 0.6 is 11.6 Å². The van der Waals surface area contributed by atoms with Gasteiger partial charge in [0.25, 0.3) is 0 Å². The topological polar surface area (TPSA) is 72.1 Å². The fourth-order valence-corrected chi connectivity index (χ4v) is 1.99. The Labute approximate surface area is 112 Å². The van der Waals surface area contributed by atoms with Crippen molar-refractivity contribution >= 4 is 23.3 Å². The SMILES string of the molecule is CCCc1c(Cl)ncnc1N(CC(N)=O)C(C)C. The molecule has 0 spiro atoms.